The van der Waals surface area contributed by atoms with E-state index in [2.05, 4.69) is 12.6 Å². The Labute approximate surface area is 92.2 Å². The van der Waals surface area contributed by atoms with Gasteiger partial charge >= 0.3 is 0 Å². The van der Waals surface area contributed by atoms with Crippen molar-refractivity contribution in [2.75, 3.05) is 0 Å². The van der Waals surface area contributed by atoms with Gasteiger partial charge in [0.05, 0.1) is 5.39 Å². The van der Waals surface area contributed by atoms with Crippen molar-refractivity contribution < 1.29 is 4.42 Å². The summed E-state index contributed by atoms with van der Waals surface area (Å²) in [4.78, 5) is 11.7. The highest BCUT2D eigenvalue weighted by Gasteiger charge is 2.07. The number of fused-ring (bicyclic) bond motifs is 1. The number of hydrogen-bond acceptors (Lipinski definition) is 3. The van der Waals surface area contributed by atoms with Crippen LogP contribution in [0.1, 0.15) is 11.3 Å². The maximum atomic E-state index is 11.7. The minimum absolute atomic E-state index is 0.0161. The summed E-state index contributed by atoms with van der Waals surface area (Å²) in [6.45, 7) is 3.62. The maximum Gasteiger partial charge on any atom is 0.207 e. The lowest BCUT2D eigenvalue weighted by atomic mass is 10.1. The van der Waals surface area contributed by atoms with Crippen molar-refractivity contribution >= 4 is 11.0 Å². The molecule has 2 aromatic rings. The third-order valence-corrected chi connectivity index (χ3v) is 2.22. The van der Waals surface area contributed by atoms with Crippen molar-refractivity contribution in [3.8, 4) is 6.07 Å². The zero-order valence-electron chi connectivity index (χ0n) is 8.49. The van der Waals surface area contributed by atoms with Gasteiger partial charge in [-0.05, 0) is 18.6 Å². The predicted octanol–water partition coefficient (Wildman–Crippen LogP) is 2.19. The van der Waals surface area contributed by atoms with Gasteiger partial charge in [-0.3, -0.25) is 4.79 Å². The van der Waals surface area contributed by atoms with E-state index in [0.29, 0.717) is 17.4 Å². The summed E-state index contributed by atoms with van der Waals surface area (Å²) in [5.41, 5.74) is 0.949. The van der Waals surface area contributed by atoms with Gasteiger partial charge in [-0.25, -0.2) is 0 Å². The fourth-order valence-electron chi connectivity index (χ4n) is 1.53. The van der Waals surface area contributed by atoms with Gasteiger partial charge in [0.1, 0.15) is 11.7 Å². The fraction of sp³-hybridized carbons (Fsp3) is 0.0769. The highest BCUT2D eigenvalue weighted by molar-refractivity contribution is 5.79. The Morgan fingerprint density at radius 2 is 2.44 bits per heavy atom. The van der Waals surface area contributed by atoms with Crippen LogP contribution in [0.25, 0.3) is 11.0 Å². The summed E-state index contributed by atoms with van der Waals surface area (Å²) >= 11 is 0. The summed E-state index contributed by atoms with van der Waals surface area (Å²) < 4.78 is 5.34. The van der Waals surface area contributed by atoms with Crippen LogP contribution in [0.4, 0.5) is 0 Å². The van der Waals surface area contributed by atoms with Crippen molar-refractivity contribution in [3.63, 3.8) is 0 Å². The van der Waals surface area contributed by atoms with Gasteiger partial charge in [-0.15, -0.1) is 6.58 Å². The second-order valence-electron chi connectivity index (χ2n) is 3.28. The monoisotopic (exact) mass is 210 g/mol. The van der Waals surface area contributed by atoms with Gasteiger partial charge in [-0.2, -0.15) is 5.26 Å². The van der Waals surface area contributed by atoms with Crippen molar-refractivity contribution in [2.45, 2.75) is 6.42 Å². The zero-order chi connectivity index (χ0) is 11.5. The average molecular weight is 210 g/mol. The average Bonchev–Trinajstić information content (AvgIpc) is 2.30. The molecule has 1 radical (unpaired) electrons. The van der Waals surface area contributed by atoms with E-state index in [9.17, 15) is 4.79 Å². The van der Waals surface area contributed by atoms with Gasteiger partial charge in [-0.1, -0.05) is 12.1 Å². The van der Waals surface area contributed by atoms with Crippen molar-refractivity contribution in [1.29, 1.82) is 5.26 Å². The number of nitrogens with zero attached hydrogens (tertiary/aromatic N) is 1. The molecule has 1 aromatic heterocycles. The predicted molar refractivity (Wildman–Crippen MR) is 59.9 cm³/mol. The SMILES string of the molecule is C=CCc1[c]ccc2c(=O)cc(C#N)oc12. The van der Waals surface area contributed by atoms with Crippen LogP contribution in [0.5, 0.6) is 0 Å². The minimum Gasteiger partial charge on any atom is -0.445 e. The van der Waals surface area contributed by atoms with E-state index >= 15 is 0 Å². The van der Waals surface area contributed by atoms with Crippen LogP contribution >= 0.6 is 0 Å². The first-order valence-electron chi connectivity index (χ1n) is 4.74. The third kappa shape index (κ3) is 1.61. The molecule has 0 aliphatic carbocycles. The maximum absolute atomic E-state index is 11.7. The Hall–Kier alpha value is -2.34. The van der Waals surface area contributed by atoms with Gasteiger partial charge < -0.3 is 4.42 Å². The van der Waals surface area contributed by atoms with E-state index in [1.807, 2.05) is 6.07 Å². The van der Waals surface area contributed by atoms with Crippen LogP contribution in [0.3, 0.4) is 0 Å². The van der Waals surface area contributed by atoms with E-state index in [1.54, 1.807) is 18.2 Å². The summed E-state index contributed by atoms with van der Waals surface area (Å²) in [5.74, 6) is 0.0161. The standard InChI is InChI=1S/C13H8NO2/c1-2-4-9-5-3-6-11-12(15)7-10(8-14)16-13(9)11/h2-3,6-7H,1,4H2. The normalized spacial score (nSPS) is 9.94. The Morgan fingerprint density at radius 3 is 3.12 bits per heavy atom. The number of rotatable bonds is 2. The molecule has 3 nitrogen and oxygen atoms in total. The lowest BCUT2D eigenvalue weighted by molar-refractivity contribution is 0.582. The first-order valence-corrected chi connectivity index (χ1v) is 4.74. The Bertz CT molecular complexity index is 647. The van der Waals surface area contributed by atoms with Crippen LogP contribution in [-0.2, 0) is 6.42 Å². The topological polar surface area (TPSA) is 54.0 Å². The second-order valence-corrected chi connectivity index (χ2v) is 3.28. The van der Waals surface area contributed by atoms with E-state index in [0.717, 1.165) is 5.56 Å². The first-order chi connectivity index (χ1) is 7.76. The summed E-state index contributed by atoms with van der Waals surface area (Å²) in [6, 6.07) is 9.30. The van der Waals surface area contributed by atoms with E-state index in [1.165, 1.54) is 6.07 Å². The minimum atomic E-state index is -0.211. The van der Waals surface area contributed by atoms with Crippen LogP contribution in [0, 0.1) is 17.4 Å². The summed E-state index contributed by atoms with van der Waals surface area (Å²) in [5, 5.41) is 9.20. The molecule has 2 rings (SSSR count). The molecule has 0 unspecified atom stereocenters. The number of benzene rings is 1. The molecule has 0 bridgehead atoms. The van der Waals surface area contributed by atoms with Crippen molar-refractivity contribution in [1.82, 2.24) is 0 Å². The molecule has 0 amide bonds. The van der Waals surface area contributed by atoms with E-state index in [-0.39, 0.29) is 11.2 Å². The molecule has 0 aliphatic heterocycles. The molecule has 16 heavy (non-hydrogen) atoms. The molecule has 0 N–H and O–H groups in total. The lowest BCUT2D eigenvalue weighted by Crippen LogP contribution is -2.02. The summed E-state index contributed by atoms with van der Waals surface area (Å²) in [7, 11) is 0. The lowest BCUT2D eigenvalue weighted by Gasteiger charge is -2.01. The largest absolute Gasteiger partial charge is 0.445 e. The smallest absolute Gasteiger partial charge is 0.207 e. The molecule has 3 heteroatoms. The molecule has 0 fully saturated rings. The molecule has 1 aromatic carbocycles. The van der Waals surface area contributed by atoms with Crippen LogP contribution in [0.15, 0.2) is 40.1 Å². The fourth-order valence-corrected chi connectivity index (χ4v) is 1.53. The Balaban J connectivity index is 2.86. The quantitative estimate of drug-likeness (QED) is 0.714. The second kappa shape index (κ2) is 4.03. The Kier molecular flexibility index (Phi) is 2.57. The van der Waals surface area contributed by atoms with Crippen LogP contribution in [0.2, 0.25) is 0 Å². The third-order valence-electron chi connectivity index (χ3n) is 2.22. The number of allylic oxidation sites excluding steroid dienone is 1. The van der Waals surface area contributed by atoms with Crippen LogP contribution < -0.4 is 5.43 Å². The number of hydrogen-bond donors (Lipinski definition) is 0. The van der Waals surface area contributed by atoms with E-state index < -0.39 is 0 Å². The van der Waals surface area contributed by atoms with Crippen molar-refractivity contribution in [3.05, 3.63) is 58.5 Å². The summed E-state index contributed by atoms with van der Waals surface area (Å²) in [6.07, 6.45) is 2.25. The van der Waals surface area contributed by atoms with Gasteiger partial charge in [0, 0.05) is 11.6 Å². The molecule has 0 spiro atoms. The molecule has 0 aliphatic rings. The highest BCUT2D eigenvalue weighted by Crippen LogP contribution is 2.17. The van der Waals surface area contributed by atoms with Gasteiger partial charge in [0.2, 0.25) is 5.76 Å². The van der Waals surface area contributed by atoms with Gasteiger partial charge in [0.25, 0.3) is 0 Å². The first kappa shape index (κ1) is 10.2. The molecule has 0 saturated heterocycles. The molecule has 0 atom stereocenters. The van der Waals surface area contributed by atoms with E-state index in [4.69, 9.17) is 9.68 Å². The molecular formula is C13H8NO2. The number of nitriles is 1. The molecule has 1 heterocycles. The Morgan fingerprint density at radius 1 is 1.62 bits per heavy atom. The highest BCUT2D eigenvalue weighted by atomic mass is 16.3. The molecule has 77 valence electrons. The van der Waals surface area contributed by atoms with Crippen LogP contribution in [-0.4, -0.2) is 0 Å². The molecular weight excluding hydrogens is 202 g/mol. The van der Waals surface area contributed by atoms with Gasteiger partial charge in [0.15, 0.2) is 5.43 Å². The molecule has 0 saturated carbocycles. The van der Waals surface area contributed by atoms with Crippen molar-refractivity contribution in [2.24, 2.45) is 0 Å². The zero-order valence-corrected chi connectivity index (χ0v) is 8.49.